The van der Waals surface area contributed by atoms with Crippen molar-refractivity contribution < 1.29 is 4.79 Å². The molecule has 2 aromatic rings. The van der Waals surface area contributed by atoms with Crippen LogP contribution in [0.5, 0.6) is 0 Å². The molecule has 0 saturated carbocycles. The second kappa shape index (κ2) is 5.59. The number of rotatable bonds is 4. The molecule has 1 aliphatic heterocycles. The van der Waals surface area contributed by atoms with E-state index in [1.54, 1.807) is 6.20 Å². The van der Waals surface area contributed by atoms with E-state index in [1.165, 1.54) is 11.1 Å². The highest BCUT2D eigenvalue weighted by molar-refractivity contribution is 5.88. The van der Waals surface area contributed by atoms with Gasteiger partial charge in [0.1, 0.15) is 5.78 Å². The first kappa shape index (κ1) is 13.1. The van der Waals surface area contributed by atoms with Gasteiger partial charge in [0.15, 0.2) is 0 Å². The summed E-state index contributed by atoms with van der Waals surface area (Å²) in [7, 11) is 0. The van der Waals surface area contributed by atoms with Crippen molar-refractivity contribution in [2.45, 2.75) is 32.4 Å². The summed E-state index contributed by atoms with van der Waals surface area (Å²) in [4.78, 5) is 12.6. The molecule has 0 radical (unpaired) electrons. The van der Waals surface area contributed by atoms with Gasteiger partial charge in [-0.1, -0.05) is 24.3 Å². The van der Waals surface area contributed by atoms with Crippen molar-refractivity contribution in [3.63, 3.8) is 0 Å². The van der Waals surface area contributed by atoms with Gasteiger partial charge in [0, 0.05) is 32.3 Å². The van der Waals surface area contributed by atoms with Crippen LogP contribution in [0.15, 0.2) is 36.7 Å². The fraction of sp³-hybridized carbons (Fsp3) is 0.375. The standard InChI is InChI=1S/C16H19N3O/c1-2-19-11-12(8-18-19)7-16(20)15-10-17-9-13-5-3-4-6-14(13)15/h3-6,8,11,15,17H,2,7,9-10H2,1H3. The highest BCUT2D eigenvalue weighted by atomic mass is 16.1. The summed E-state index contributed by atoms with van der Waals surface area (Å²) in [6.07, 6.45) is 4.21. The summed E-state index contributed by atoms with van der Waals surface area (Å²) in [6, 6.07) is 8.21. The predicted octanol–water partition coefficient (Wildman–Crippen LogP) is 1.90. The molecule has 0 spiro atoms. The third kappa shape index (κ3) is 2.51. The summed E-state index contributed by atoms with van der Waals surface area (Å²) in [5.41, 5.74) is 3.42. The van der Waals surface area contributed by atoms with Gasteiger partial charge in [0.2, 0.25) is 0 Å². The molecular weight excluding hydrogens is 250 g/mol. The van der Waals surface area contributed by atoms with E-state index >= 15 is 0 Å². The average Bonchev–Trinajstić information content (AvgIpc) is 2.94. The number of hydrogen-bond acceptors (Lipinski definition) is 3. The Morgan fingerprint density at radius 2 is 2.30 bits per heavy atom. The van der Waals surface area contributed by atoms with Gasteiger partial charge >= 0.3 is 0 Å². The number of fused-ring (bicyclic) bond motifs is 1. The lowest BCUT2D eigenvalue weighted by Gasteiger charge is -2.25. The zero-order valence-electron chi connectivity index (χ0n) is 11.7. The third-order valence-electron chi connectivity index (χ3n) is 3.87. The molecule has 1 aliphatic rings. The number of benzene rings is 1. The normalized spacial score (nSPS) is 17.8. The van der Waals surface area contributed by atoms with Crippen molar-refractivity contribution >= 4 is 5.78 Å². The van der Waals surface area contributed by atoms with Crippen molar-refractivity contribution in [2.24, 2.45) is 0 Å². The number of Topliss-reactive ketones (excluding diaryl/α,β-unsaturated/α-hetero) is 1. The molecule has 1 N–H and O–H groups in total. The van der Waals surface area contributed by atoms with Crippen LogP contribution in [-0.2, 0) is 24.3 Å². The molecule has 4 nitrogen and oxygen atoms in total. The van der Waals surface area contributed by atoms with E-state index < -0.39 is 0 Å². The number of aromatic nitrogens is 2. The lowest BCUT2D eigenvalue weighted by Crippen LogP contribution is -2.33. The Labute approximate surface area is 118 Å². The Kier molecular flexibility index (Phi) is 3.65. The molecule has 1 unspecified atom stereocenters. The van der Waals surface area contributed by atoms with E-state index in [9.17, 15) is 4.79 Å². The van der Waals surface area contributed by atoms with Crippen LogP contribution in [0.1, 0.15) is 29.5 Å². The molecular formula is C16H19N3O. The molecule has 0 saturated heterocycles. The fourth-order valence-corrected chi connectivity index (χ4v) is 2.78. The van der Waals surface area contributed by atoms with E-state index in [-0.39, 0.29) is 11.7 Å². The van der Waals surface area contributed by atoms with Gasteiger partial charge in [-0.15, -0.1) is 0 Å². The minimum absolute atomic E-state index is 0.0371. The first-order valence-corrected chi connectivity index (χ1v) is 7.10. The third-order valence-corrected chi connectivity index (χ3v) is 3.87. The van der Waals surface area contributed by atoms with Gasteiger partial charge in [-0.2, -0.15) is 5.10 Å². The van der Waals surface area contributed by atoms with Crippen LogP contribution in [0.25, 0.3) is 0 Å². The monoisotopic (exact) mass is 269 g/mol. The zero-order valence-corrected chi connectivity index (χ0v) is 11.7. The molecule has 3 rings (SSSR count). The van der Waals surface area contributed by atoms with Crippen molar-refractivity contribution in [3.8, 4) is 0 Å². The molecule has 4 heteroatoms. The Balaban J connectivity index is 1.78. The molecule has 1 atom stereocenters. The van der Waals surface area contributed by atoms with Gasteiger partial charge in [0.05, 0.1) is 12.1 Å². The summed E-state index contributed by atoms with van der Waals surface area (Å²) < 4.78 is 1.86. The number of nitrogens with zero attached hydrogens (tertiary/aromatic N) is 2. The van der Waals surface area contributed by atoms with E-state index in [1.807, 2.05) is 29.9 Å². The maximum atomic E-state index is 12.6. The Morgan fingerprint density at radius 3 is 3.10 bits per heavy atom. The molecule has 1 aromatic heterocycles. The molecule has 20 heavy (non-hydrogen) atoms. The van der Waals surface area contributed by atoms with Crippen molar-refractivity contribution in [3.05, 3.63) is 53.3 Å². The van der Waals surface area contributed by atoms with E-state index in [2.05, 4.69) is 22.5 Å². The summed E-state index contributed by atoms with van der Waals surface area (Å²) >= 11 is 0. The van der Waals surface area contributed by atoms with Crippen LogP contribution < -0.4 is 5.32 Å². The number of hydrogen-bond donors (Lipinski definition) is 1. The second-order valence-corrected chi connectivity index (χ2v) is 5.23. The number of carbonyl (C=O) groups excluding carboxylic acids is 1. The van der Waals surface area contributed by atoms with Crippen LogP contribution >= 0.6 is 0 Å². The predicted molar refractivity (Wildman–Crippen MR) is 77.5 cm³/mol. The van der Waals surface area contributed by atoms with Crippen molar-refractivity contribution in [1.29, 1.82) is 0 Å². The van der Waals surface area contributed by atoms with Gasteiger partial charge < -0.3 is 5.32 Å². The zero-order chi connectivity index (χ0) is 13.9. The van der Waals surface area contributed by atoms with Gasteiger partial charge in [-0.05, 0) is 23.6 Å². The first-order valence-electron chi connectivity index (χ1n) is 7.10. The van der Waals surface area contributed by atoms with Gasteiger partial charge in [0.25, 0.3) is 0 Å². The average molecular weight is 269 g/mol. The Hall–Kier alpha value is -1.94. The maximum Gasteiger partial charge on any atom is 0.146 e. The topological polar surface area (TPSA) is 46.9 Å². The summed E-state index contributed by atoms with van der Waals surface area (Å²) in [5.74, 6) is 0.227. The second-order valence-electron chi connectivity index (χ2n) is 5.23. The van der Waals surface area contributed by atoms with Crippen molar-refractivity contribution in [2.75, 3.05) is 6.54 Å². The highest BCUT2D eigenvalue weighted by Gasteiger charge is 2.25. The van der Waals surface area contributed by atoms with Crippen LogP contribution in [-0.4, -0.2) is 22.1 Å². The lowest BCUT2D eigenvalue weighted by atomic mass is 9.86. The SMILES string of the molecule is CCn1cc(CC(=O)C2CNCc3ccccc32)cn1. The van der Waals surface area contributed by atoms with Crippen LogP contribution in [0.3, 0.4) is 0 Å². The molecule has 0 aliphatic carbocycles. The van der Waals surface area contributed by atoms with Crippen LogP contribution in [0.2, 0.25) is 0 Å². The number of nitrogens with one attached hydrogen (secondary N) is 1. The number of carbonyl (C=O) groups is 1. The van der Waals surface area contributed by atoms with Gasteiger partial charge in [-0.3, -0.25) is 9.48 Å². The minimum atomic E-state index is -0.0371. The van der Waals surface area contributed by atoms with Crippen LogP contribution in [0.4, 0.5) is 0 Å². The van der Waals surface area contributed by atoms with E-state index in [4.69, 9.17) is 0 Å². The molecule has 1 aromatic carbocycles. The fourth-order valence-electron chi connectivity index (χ4n) is 2.78. The molecule has 0 fully saturated rings. The van der Waals surface area contributed by atoms with E-state index in [0.29, 0.717) is 6.42 Å². The maximum absolute atomic E-state index is 12.6. The molecule has 0 amide bonds. The van der Waals surface area contributed by atoms with Crippen molar-refractivity contribution in [1.82, 2.24) is 15.1 Å². The largest absolute Gasteiger partial charge is 0.312 e. The number of ketones is 1. The molecule has 104 valence electrons. The minimum Gasteiger partial charge on any atom is -0.312 e. The highest BCUT2D eigenvalue weighted by Crippen LogP contribution is 2.25. The Bertz CT molecular complexity index is 618. The van der Waals surface area contributed by atoms with Crippen LogP contribution in [0, 0.1) is 0 Å². The smallest absolute Gasteiger partial charge is 0.146 e. The number of aryl methyl sites for hydroxylation is 1. The Morgan fingerprint density at radius 1 is 1.45 bits per heavy atom. The van der Waals surface area contributed by atoms with Gasteiger partial charge in [-0.25, -0.2) is 0 Å². The molecule has 2 heterocycles. The van der Waals surface area contributed by atoms with E-state index in [0.717, 1.165) is 25.2 Å². The molecule has 0 bridgehead atoms. The lowest BCUT2D eigenvalue weighted by molar-refractivity contribution is -0.119. The summed E-state index contributed by atoms with van der Waals surface area (Å²) in [5, 5.41) is 7.56. The first-order chi connectivity index (χ1) is 9.78. The quantitative estimate of drug-likeness (QED) is 0.922. The summed E-state index contributed by atoms with van der Waals surface area (Å²) in [6.45, 7) is 4.47.